The summed E-state index contributed by atoms with van der Waals surface area (Å²) in [6, 6.07) is 6.48. The Hall–Kier alpha value is -1.42. The van der Waals surface area contributed by atoms with Gasteiger partial charge in [0.25, 0.3) is 0 Å². The van der Waals surface area contributed by atoms with Crippen molar-refractivity contribution in [2.75, 3.05) is 25.6 Å². The molecule has 0 heterocycles. The van der Waals surface area contributed by atoms with Gasteiger partial charge in [0.2, 0.25) is 0 Å². The minimum Gasteiger partial charge on any atom is -0.493 e. The zero-order chi connectivity index (χ0) is 14.4. The minimum absolute atomic E-state index is 0.469. The zero-order valence-corrected chi connectivity index (χ0v) is 12.5. The van der Waals surface area contributed by atoms with Crippen molar-refractivity contribution in [2.24, 2.45) is 11.7 Å². The minimum atomic E-state index is 0.469. The third kappa shape index (κ3) is 3.57. The molecule has 1 aromatic rings. The number of benzene rings is 1. The molecule has 1 fully saturated rings. The molecule has 0 aliphatic heterocycles. The molecule has 0 amide bonds. The number of methoxy groups -OCH3 is 1. The van der Waals surface area contributed by atoms with E-state index in [0.717, 1.165) is 23.7 Å². The molecule has 0 saturated heterocycles. The van der Waals surface area contributed by atoms with Crippen molar-refractivity contribution in [3.8, 4) is 11.5 Å². The summed E-state index contributed by atoms with van der Waals surface area (Å²) in [6.07, 6.45) is 5.00. The maximum atomic E-state index is 5.89. The lowest BCUT2D eigenvalue weighted by molar-refractivity contribution is 0.310. The van der Waals surface area contributed by atoms with Gasteiger partial charge in [-0.2, -0.15) is 0 Å². The summed E-state index contributed by atoms with van der Waals surface area (Å²) in [4.78, 5) is 0. The van der Waals surface area contributed by atoms with E-state index < -0.39 is 0 Å². The van der Waals surface area contributed by atoms with E-state index in [4.69, 9.17) is 15.2 Å². The molecule has 4 heteroatoms. The third-order valence-electron chi connectivity index (χ3n) is 4.03. The topological polar surface area (TPSA) is 56.5 Å². The molecule has 20 heavy (non-hydrogen) atoms. The van der Waals surface area contributed by atoms with E-state index in [1.807, 2.05) is 25.1 Å². The highest BCUT2D eigenvalue weighted by atomic mass is 16.5. The van der Waals surface area contributed by atoms with Gasteiger partial charge in [0.1, 0.15) is 0 Å². The summed E-state index contributed by atoms with van der Waals surface area (Å²) in [5.41, 5.74) is 6.97. The van der Waals surface area contributed by atoms with E-state index in [9.17, 15) is 0 Å². The largest absolute Gasteiger partial charge is 0.493 e. The van der Waals surface area contributed by atoms with Crippen molar-refractivity contribution in [3.63, 3.8) is 0 Å². The fraction of sp³-hybridized carbons (Fsp3) is 0.625. The fourth-order valence-corrected chi connectivity index (χ4v) is 2.93. The number of ether oxygens (including phenoxy) is 2. The standard InChI is InChI=1S/C16H26N2O2/c1-3-20-16-10-13(8-9-15(16)19-2)18-14-7-5-4-6-12(14)11-17/h8-10,12,14,18H,3-7,11,17H2,1-2H3. The number of anilines is 1. The van der Waals surface area contributed by atoms with Crippen LogP contribution >= 0.6 is 0 Å². The zero-order valence-electron chi connectivity index (χ0n) is 12.5. The number of nitrogens with one attached hydrogen (secondary N) is 1. The van der Waals surface area contributed by atoms with Gasteiger partial charge < -0.3 is 20.5 Å². The van der Waals surface area contributed by atoms with Gasteiger partial charge in [-0.1, -0.05) is 12.8 Å². The summed E-state index contributed by atoms with van der Waals surface area (Å²) in [6.45, 7) is 3.37. The van der Waals surface area contributed by atoms with E-state index >= 15 is 0 Å². The summed E-state index contributed by atoms with van der Waals surface area (Å²) in [7, 11) is 1.66. The summed E-state index contributed by atoms with van der Waals surface area (Å²) >= 11 is 0. The van der Waals surface area contributed by atoms with E-state index in [0.29, 0.717) is 18.6 Å². The smallest absolute Gasteiger partial charge is 0.163 e. The van der Waals surface area contributed by atoms with Crippen LogP contribution < -0.4 is 20.5 Å². The van der Waals surface area contributed by atoms with Gasteiger partial charge in [0.15, 0.2) is 11.5 Å². The fourth-order valence-electron chi connectivity index (χ4n) is 2.93. The molecule has 2 atom stereocenters. The number of rotatable bonds is 6. The number of hydrogen-bond donors (Lipinski definition) is 2. The van der Waals surface area contributed by atoms with Crippen molar-refractivity contribution >= 4 is 5.69 Å². The second-order valence-electron chi connectivity index (χ2n) is 5.33. The predicted molar refractivity (Wildman–Crippen MR) is 82.6 cm³/mol. The molecule has 0 bridgehead atoms. The van der Waals surface area contributed by atoms with E-state index in [-0.39, 0.29) is 0 Å². The van der Waals surface area contributed by atoms with Crippen LogP contribution in [0.15, 0.2) is 18.2 Å². The average molecular weight is 278 g/mol. The van der Waals surface area contributed by atoms with Crippen molar-refractivity contribution in [3.05, 3.63) is 18.2 Å². The first kappa shape index (κ1) is 15.0. The molecule has 2 rings (SSSR count). The van der Waals surface area contributed by atoms with E-state index in [2.05, 4.69) is 5.32 Å². The van der Waals surface area contributed by atoms with Crippen LogP contribution in [0.4, 0.5) is 5.69 Å². The van der Waals surface area contributed by atoms with Crippen molar-refractivity contribution < 1.29 is 9.47 Å². The molecule has 1 aliphatic rings. The summed E-state index contributed by atoms with van der Waals surface area (Å²) in [5.74, 6) is 2.14. The Morgan fingerprint density at radius 1 is 1.25 bits per heavy atom. The molecule has 0 aromatic heterocycles. The van der Waals surface area contributed by atoms with Crippen LogP contribution in [-0.4, -0.2) is 26.3 Å². The Labute approximate surface area is 121 Å². The van der Waals surface area contributed by atoms with Gasteiger partial charge in [-0.05, 0) is 44.4 Å². The predicted octanol–water partition coefficient (Wildman–Crippen LogP) is 3.02. The van der Waals surface area contributed by atoms with Gasteiger partial charge in [-0.25, -0.2) is 0 Å². The molecule has 112 valence electrons. The van der Waals surface area contributed by atoms with Crippen LogP contribution in [0.5, 0.6) is 11.5 Å². The quantitative estimate of drug-likeness (QED) is 0.840. The number of hydrogen-bond acceptors (Lipinski definition) is 4. The second-order valence-corrected chi connectivity index (χ2v) is 5.33. The average Bonchev–Trinajstić information content (AvgIpc) is 2.48. The third-order valence-corrected chi connectivity index (χ3v) is 4.03. The first-order valence-electron chi connectivity index (χ1n) is 7.56. The van der Waals surface area contributed by atoms with E-state index in [1.54, 1.807) is 7.11 Å². The van der Waals surface area contributed by atoms with Crippen LogP contribution in [0.25, 0.3) is 0 Å². The maximum absolute atomic E-state index is 5.89. The van der Waals surface area contributed by atoms with Crippen molar-refractivity contribution in [1.82, 2.24) is 0 Å². The highest BCUT2D eigenvalue weighted by molar-refractivity contribution is 5.55. The Morgan fingerprint density at radius 2 is 2.05 bits per heavy atom. The SMILES string of the molecule is CCOc1cc(NC2CCCCC2CN)ccc1OC. The van der Waals surface area contributed by atoms with Crippen molar-refractivity contribution in [2.45, 2.75) is 38.6 Å². The van der Waals surface area contributed by atoms with Gasteiger partial charge in [-0.3, -0.25) is 0 Å². The first-order valence-corrected chi connectivity index (χ1v) is 7.56. The molecule has 0 spiro atoms. The lowest BCUT2D eigenvalue weighted by Crippen LogP contribution is -2.36. The van der Waals surface area contributed by atoms with Crippen LogP contribution in [0, 0.1) is 5.92 Å². The van der Waals surface area contributed by atoms with Crippen LogP contribution in [0.3, 0.4) is 0 Å². The molecule has 1 aromatic carbocycles. The molecule has 0 radical (unpaired) electrons. The van der Waals surface area contributed by atoms with Crippen LogP contribution in [0.2, 0.25) is 0 Å². The normalized spacial score (nSPS) is 22.4. The van der Waals surface area contributed by atoms with Gasteiger partial charge in [-0.15, -0.1) is 0 Å². The molecule has 1 saturated carbocycles. The molecule has 3 N–H and O–H groups in total. The van der Waals surface area contributed by atoms with E-state index in [1.165, 1.54) is 25.7 Å². The summed E-state index contributed by atoms with van der Waals surface area (Å²) < 4.78 is 10.9. The maximum Gasteiger partial charge on any atom is 0.163 e. The Morgan fingerprint density at radius 3 is 2.75 bits per heavy atom. The molecule has 4 nitrogen and oxygen atoms in total. The first-order chi connectivity index (χ1) is 9.78. The highest BCUT2D eigenvalue weighted by Crippen LogP contribution is 2.32. The number of nitrogens with two attached hydrogens (primary N) is 1. The highest BCUT2D eigenvalue weighted by Gasteiger charge is 2.23. The monoisotopic (exact) mass is 278 g/mol. The van der Waals surface area contributed by atoms with Gasteiger partial charge in [0.05, 0.1) is 13.7 Å². The molecular formula is C16H26N2O2. The Bertz CT molecular complexity index is 423. The van der Waals surface area contributed by atoms with Gasteiger partial charge >= 0.3 is 0 Å². The second kappa shape index (κ2) is 7.39. The summed E-state index contributed by atoms with van der Waals surface area (Å²) in [5, 5.41) is 3.62. The molecule has 1 aliphatic carbocycles. The lowest BCUT2D eigenvalue weighted by Gasteiger charge is -2.32. The van der Waals surface area contributed by atoms with Gasteiger partial charge in [0, 0.05) is 17.8 Å². The van der Waals surface area contributed by atoms with Crippen molar-refractivity contribution in [1.29, 1.82) is 0 Å². The van der Waals surface area contributed by atoms with Crippen LogP contribution in [-0.2, 0) is 0 Å². The van der Waals surface area contributed by atoms with Crippen LogP contribution in [0.1, 0.15) is 32.6 Å². The molecular weight excluding hydrogens is 252 g/mol. The Kier molecular flexibility index (Phi) is 5.53. The molecule has 2 unspecified atom stereocenters. The lowest BCUT2D eigenvalue weighted by atomic mass is 9.84. The Balaban J connectivity index is 2.10.